The fraction of sp³-hybridized carbons (Fsp3) is 0.250. The van der Waals surface area contributed by atoms with Crippen molar-refractivity contribution in [2.24, 2.45) is 5.92 Å². The summed E-state index contributed by atoms with van der Waals surface area (Å²) in [7, 11) is 0. The quantitative estimate of drug-likeness (QED) is 0.477. The van der Waals surface area contributed by atoms with Gasteiger partial charge in [0.2, 0.25) is 5.95 Å². The van der Waals surface area contributed by atoms with Gasteiger partial charge in [-0.3, -0.25) is 9.59 Å². The molecule has 0 radical (unpaired) electrons. The molecule has 1 fully saturated rings. The molecule has 4 rings (SSSR count). The van der Waals surface area contributed by atoms with Crippen molar-refractivity contribution >= 4 is 40.9 Å². The van der Waals surface area contributed by atoms with Crippen LogP contribution in [0.25, 0.3) is 0 Å². The molecule has 3 aromatic rings. The minimum absolute atomic E-state index is 0.310. The zero-order chi connectivity index (χ0) is 23.2. The Bertz CT molecular complexity index is 1120. The molecule has 1 aromatic heterocycles. The van der Waals surface area contributed by atoms with Gasteiger partial charge in [0.25, 0.3) is 5.91 Å². The number of nitrogens with zero attached hydrogens (tertiary/aromatic N) is 3. The standard InChI is InChI=1S/C24H24ClN5O3/c25-18-6-8-19(9-7-18)28-22(31)20-15-27-24(30-12-10-17(11-13-30)23(32)33)29-21(20)26-14-16-4-2-1-3-5-16/h1-9,15,17H,10-14H2,(H,28,31)(H,32,33)(H,26,27,29). The highest BCUT2D eigenvalue weighted by Gasteiger charge is 2.26. The molecule has 0 atom stereocenters. The lowest BCUT2D eigenvalue weighted by molar-refractivity contribution is -0.142. The molecule has 0 spiro atoms. The van der Waals surface area contributed by atoms with E-state index in [-0.39, 0.29) is 11.8 Å². The molecule has 9 heteroatoms. The van der Waals surface area contributed by atoms with Crippen LogP contribution in [0.1, 0.15) is 28.8 Å². The molecule has 170 valence electrons. The van der Waals surface area contributed by atoms with Crippen LogP contribution in [0.4, 0.5) is 17.5 Å². The second kappa shape index (κ2) is 10.3. The summed E-state index contributed by atoms with van der Waals surface area (Å²) in [6, 6.07) is 16.7. The summed E-state index contributed by atoms with van der Waals surface area (Å²) in [6.07, 6.45) is 2.57. The molecule has 8 nitrogen and oxygen atoms in total. The lowest BCUT2D eigenvalue weighted by atomic mass is 9.97. The number of rotatable bonds is 7. The number of aliphatic carboxylic acids is 1. The van der Waals surface area contributed by atoms with Gasteiger partial charge in [-0.15, -0.1) is 0 Å². The second-order valence-electron chi connectivity index (χ2n) is 7.83. The molecule has 2 heterocycles. The second-order valence-corrected chi connectivity index (χ2v) is 8.27. The molecule has 33 heavy (non-hydrogen) atoms. The van der Waals surface area contributed by atoms with Crippen molar-refractivity contribution in [1.82, 2.24) is 9.97 Å². The molecule has 1 amide bonds. The van der Waals surface area contributed by atoms with E-state index in [0.717, 1.165) is 5.56 Å². The van der Waals surface area contributed by atoms with Crippen LogP contribution in [0.3, 0.4) is 0 Å². The van der Waals surface area contributed by atoms with Gasteiger partial charge in [0.1, 0.15) is 11.4 Å². The van der Waals surface area contributed by atoms with E-state index in [9.17, 15) is 14.7 Å². The van der Waals surface area contributed by atoms with Crippen LogP contribution >= 0.6 is 11.6 Å². The lowest BCUT2D eigenvalue weighted by Crippen LogP contribution is -2.37. The van der Waals surface area contributed by atoms with E-state index in [1.54, 1.807) is 24.3 Å². The molecule has 0 saturated carbocycles. The van der Waals surface area contributed by atoms with Crippen molar-refractivity contribution in [3.63, 3.8) is 0 Å². The first kappa shape index (κ1) is 22.5. The average Bonchev–Trinajstić information content (AvgIpc) is 2.84. The number of carboxylic acids is 1. The van der Waals surface area contributed by atoms with E-state index in [2.05, 4.69) is 20.6 Å². The minimum atomic E-state index is -0.769. The largest absolute Gasteiger partial charge is 0.481 e. The van der Waals surface area contributed by atoms with E-state index in [1.807, 2.05) is 35.2 Å². The van der Waals surface area contributed by atoms with Gasteiger partial charge >= 0.3 is 5.97 Å². The van der Waals surface area contributed by atoms with Crippen molar-refractivity contribution in [2.45, 2.75) is 19.4 Å². The summed E-state index contributed by atoms with van der Waals surface area (Å²) < 4.78 is 0. The molecule has 3 N–H and O–H groups in total. The number of carbonyl (C=O) groups excluding carboxylic acids is 1. The predicted molar refractivity (Wildman–Crippen MR) is 128 cm³/mol. The van der Waals surface area contributed by atoms with Gasteiger partial charge in [-0.2, -0.15) is 4.98 Å². The van der Waals surface area contributed by atoms with Crippen molar-refractivity contribution in [3.05, 3.63) is 76.9 Å². The van der Waals surface area contributed by atoms with E-state index in [4.69, 9.17) is 11.6 Å². The first-order chi connectivity index (χ1) is 16.0. The normalized spacial score (nSPS) is 14.0. The van der Waals surface area contributed by atoms with Gasteiger partial charge in [0.05, 0.1) is 5.92 Å². The fourth-order valence-corrected chi connectivity index (χ4v) is 3.79. The van der Waals surface area contributed by atoms with Gasteiger partial charge in [-0.25, -0.2) is 4.98 Å². The Morgan fingerprint density at radius 3 is 2.42 bits per heavy atom. The number of hydrogen-bond donors (Lipinski definition) is 3. The molecule has 1 aliphatic heterocycles. The van der Waals surface area contributed by atoms with E-state index in [0.29, 0.717) is 60.5 Å². The minimum Gasteiger partial charge on any atom is -0.481 e. The number of aromatic nitrogens is 2. The average molecular weight is 466 g/mol. The van der Waals surface area contributed by atoms with Crippen molar-refractivity contribution in [2.75, 3.05) is 28.6 Å². The first-order valence-electron chi connectivity index (χ1n) is 10.7. The monoisotopic (exact) mass is 465 g/mol. The predicted octanol–water partition coefficient (Wildman–Crippen LogP) is 4.30. The lowest BCUT2D eigenvalue weighted by Gasteiger charge is -2.30. The van der Waals surface area contributed by atoms with E-state index >= 15 is 0 Å². The van der Waals surface area contributed by atoms with Crippen LogP contribution in [-0.4, -0.2) is 40.0 Å². The fourth-order valence-electron chi connectivity index (χ4n) is 3.67. The Labute approximate surface area is 196 Å². The van der Waals surface area contributed by atoms with Gasteiger partial charge in [-0.1, -0.05) is 41.9 Å². The van der Waals surface area contributed by atoms with Gasteiger partial charge < -0.3 is 20.6 Å². The molecular weight excluding hydrogens is 442 g/mol. The summed E-state index contributed by atoms with van der Waals surface area (Å²) >= 11 is 5.93. The number of halogens is 1. The van der Waals surface area contributed by atoms with Gasteiger partial charge in [0, 0.05) is 36.5 Å². The highest BCUT2D eigenvalue weighted by Crippen LogP contribution is 2.24. The molecule has 2 aromatic carbocycles. The molecule has 1 saturated heterocycles. The summed E-state index contributed by atoms with van der Waals surface area (Å²) in [4.78, 5) is 35.2. The third-order valence-electron chi connectivity index (χ3n) is 5.55. The zero-order valence-electron chi connectivity index (χ0n) is 17.9. The SMILES string of the molecule is O=C(Nc1ccc(Cl)cc1)c1cnc(N2CCC(C(=O)O)CC2)nc1NCc1ccccc1. The Morgan fingerprint density at radius 1 is 1.06 bits per heavy atom. The van der Waals surface area contributed by atoms with E-state index < -0.39 is 5.97 Å². The van der Waals surface area contributed by atoms with Crippen molar-refractivity contribution < 1.29 is 14.7 Å². The number of hydrogen-bond acceptors (Lipinski definition) is 6. The Hall–Kier alpha value is -3.65. The Morgan fingerprint density at radius 2 is 1.76 bits per heavy atom. The number of anilines is 3. The summed E-state index contributed by atoms with van der Waals surface area (Å²) in [5, 5.41) is 15.9. The number of amides is 1. The van der Waals surface area contributed by atoms with Gasteiger partial charge in [-0.05, 0) is 42.7 Å². The third kappa shape index (κ3) is 5.78. The van der Waals surface area contributed by atoms with Crippen LogP contribution in [0.15, 0.2) is 60.8 Å². The number of carboxylic acid groups (broad SMARTS) is 1. The van der Waals surface area contributed by atoms with Crippen molar-refractivity contribution in [1.29, 1.82) is 0 Å². The maximum Gasteiger partial charge on any atom is 0.306 e. The Balaban J connectivity index is 1.55. The molecular formula is C24H24ClN5O3. The third-order valence-corrected chi connectivity index (χ3v) is 5.80. The van der Waals surface area contributed by atoms with Crippen molar-refractivity contribution in [3.8, 4) is 0 Å². The first-order valence-corrected chi connectivity index (χ1v) is 11.1. The summed E-state index contributed by atoms with van der Waals surface area (Å²) in [6.45, 7) is 1.58. The Kier molecular flexibility index (Phi) is 7.04. The molecule has 1 aliphatic rings. The summed E-state index contributed by atoms with van der Waals surface area (Å²) in [5.41, 5.74) is 1.97. The van der Waals surface area contributed by atoms with Crippen LogP contribution in [0.2, 0.25) is 5.02 Å². The van der Waals surface area contributed by atoms with Gasteiger partial charge in [0.15, 0.2) is 0 Å². The zero-order valence-corrected chi connectivity index (χ0v) is 18.6. The maximum absolute atomic E-state index is 13.0. The summed E-state index contributed by atoms with van der Waals surface area (Å²) in [5.74, 6) is -0.575. The van der Waals surface area contributed by atoms with Crippen LogP contribution in [0, 0.1) is 5.92 Å². The number of benzene rings is 2. The smallest absolute Gasteiger partial charge is 0.306 e. The topological polar surface area (TPSA) is 107 Å². The molecule has 0 bridgehead atoms. The van der Waals surface area contributed by atoms with Crippen LogP contribution < -0.4 is 15.5 Å². The van der Waals surface area contributed by atoms with E-state index in [1.165, 1.54) is 6.20 Å². The van der Waals surface area contributed by atoms with Crippen LogP contribution in [-0.2, 0) is 11.3 Å². The number of nitrogens with one attached hydrogen (secondary N) is 2. The molecule has 0 unspecified atom stereocenters. The number of piperidine rings is 1. The highest BCUT2D eigenvalue weighted by atomic mass is 35.5. The highest BCUT2D eigenvalue weighted by molar-refractivity contribution is 6.30. The number of carbonyl (C=O) groups is 2. The molecule has 0 aliphatic carbocycles. The van der Waals surface area contributed by atoms with Crippen LogP contribution in [0.5, 0.6) is 0 Å². The maximum atomic E-state index is 13.0.